The van der Waals surface area contributed by atoms with Crippen LogP contribution >= 0.6 is 15.9 Å². The van der Waals surface area contributed by atoms with Crippen molar-refractivity contribution >= 4 is 43.4 Å². The van der Waals surface area contributed by atoms with Gasteiger partial charge in [-0.2, -0.15) is 0 Å². The Labute approximate surface area is 211 Å². The lowest BCUT2D eigenvalue weighted by Gasteiger charge is -2.41. The van der Waals surface area contributed by atoms with Gasteiger partial charge in [-0.05, 0) is 82.2 Å². The second-order valence-electron chi connectivity index (χ2n) is 10.9. The Morgan fingerprint density at radius 1 is 1.03 bits per heavy atom. The normalized spacial score (nSPS) is 28.2. The minimum absolute atomic E-state index is 0.00351. The molecule has 34 heavy (non-hydrogen) atoms. The molecule has 0 saturated heterocycles. The van der Waals surface area contributed by atoms with E-state index < -0.39 is 12.1 Å². The van der Waals surface area contributed by atoms with Crippen molar-refractivity contribution in [2.75, 3.05) is 0 Å². The summed E-state index contributed by atoms with van der Waals surface area (Å²) >= 11 is 3.88. The Bertz CT molecular complexity index is 1200. The predicted molar refractivity (Wildman–Crippen MR) is 143 cm³/mol. The van der Waals surface area contributed by atoms with Crippen molar-refractivity contribution in [3.05, 3.63) is 59.7 Å². The minimum atomic E-state index is -0.854. The first kappa shape index (κ1) is 23.8. The van der Waals surface area contributed by atoms with E-state index in [1.807, 2.05) is 0 Å². The number of rotatable bonds is 5. The van der Waals surface area contributed by atoms with Crippen molar-refractivity contribution in [2.24, 2.45) is 17.8 Å². The molecule has 2 aliphatic rings. The van der Waals surface area contributed by atoms with Gasteiger partial charge in [0.2, 0.25) is 0 Å². The van der Waals surface area contributed by atoms with Crippen molar-refractivity contribution in [2.45, 2.75) is 75.8 Å². The average molecular weight is 524 g/mol. The zero-order chi connectivity index (χ0) is 24.0. The number of fused-ring (bicyclic) bond motifs is 4. The molecule has 0 amide bonds. The zero-order valence-electron chi connectivity index (χ0n) is 20.3. The Kier molecular flexibility index (Phi) is 6.74. The van der Waals surface area contributed by atoms with E-state index in [0.717, 1.165) is 31.2 Å². The highest BCUT2D eigenvalue weighted by Gasteiger charge is 2.42. The number of carboxylic acids is 1. The van der Waals surface area contributed by atoms with Gasteiger partial charge < -0.3 is 9.84 Å². The fraction of sp³-hybridized carbons (Fsp3) is 0.500. The van der Waals surface area contributed by atoms with Gasteiger partial charge in [-0.25, -0.2) is 4.79 Å². The molecule has 6 atom stereocenters. The molecule has 1 saturated carbocycles. The van der Waals surface area contributed by atoms with E-state index in [4.69, 9.17) is 4.74 Å². The number of benzene rings is 3. The fourth-order valence-corrected chi connectivity index (χ4v) is 7.21. The Balaban J connectivity index is 1.58. The molecular weight excluding hydrogens is 488 g/mol. The van der Waals surface area contributed by atoms with Crippen LogP contribution in [0.25, 0.3) is 21.5 Å². The molecule has 1 N–H and O–H groups in total. The molecule has 0 bridgehead atoms. The van der Waals surface area contributed by atoms with Crippen LogP contribution in [0.4, 0.5) is 0 Å². The summed E-state index contributed by atoms with van der Waals surface area (Å²) in [5.74, 6) is 0.412. The third kappa shape index (κ3) is 4.40. The Morgan fingerprint density at radius 2 is 1.79 bits per heavy atom. The number of carbonyl (C=O) groups is 1. The summed E-state index contributed by atoms with van der Waals surface area (Å²) in [6, 6.07) is 17.3. The number of halogens is 1. The van der Waals surface area contributed by atoms with Gasteiger partial charge in [0, 0.05) is 10.7 Å². The van der Waals surface area contributed by atoms with Gasteiger partial charge in [-0.3, -0.25) is 0 Å². The molecule has 3 nitrogen and oxygen atoms in total. The summed E-state index contributed by atoms with van der Waals surface area (Å²) in [7, 11) is 0. The second kappa shape index (κ2) is 9.62. The lowest BCUT2D eigenvalue weighted by molar-refractivity contribution is -0.163. The van der Waals surface area contributed by atoms with Crippen LogP contribution in [0.2, 0.25) is 0 Å². The lowest BCUT2D eigenvalue weighted by atomic mass is 9.74. The van der Waals surface area contributed by atoms with E-state index in [2.05, 4.69) is 85.2 Å². The molecule has 0 spiro atoms. The molecule has 4 heteroatoms. The summed E-state index contributed by atoms with van der Waals surface area (Å²) in [6.07, 6.45) is 4.27. The van der Waals surface area contributed by atoms with Crippen molar-refractivity contribution in [3.8, 4) is 0 Å². The molecule has 1 fully saturated rings. The highest BCUT2D eigenvalue weighted by atomic mass is 79.9. The highest BCUT2D eigenvalue weighted by molar-refractivity contribution is 9.09. The highest BCUT2D eigenvalue weighted by Crippen LogP contribution is 2.44. The largest absolute Gasteiger partial charge is 0.479 e. The fourth-order valence-electron chi connectivity index (χ4n) is 6.42. The maximum Gasteiger partial charge on any atom is 0.333 e. The predicted octanol–water partition coefficient (Wildman–Crippen LogP) is 7.72. The number of aliphatic carboxylic acids is 1. The number of aryl methyl sites for hydroxylation is 1. The molecule has 0 heterocycles. The van der Waals surface area contributed by atoms with Gasteiger partial charge in [0.25, 0.3) is 0 Å². The van der Waals surface area contributed by atoms with Gasteiger partial charge in [0.15, 0.2) is 6.10 Å². The van der Waals surface area contributed by atoms with Crippen molar-refractivity contribution < 1.29 is 14.6 Å². The maximum atomic E-state index is 12.7. The molecule has 0 radical (unpaired) electrons. The number of hydrogen-bond donors (Lipinski definition) is 1. The summed E-state index contributed by atoms with van der Waals surface area (Å²) in [4.78, 5) is 12.8. The summed E-state index contributed by atoms with van der Waals surface area (Å²) in [5.41, 5.74) is 2.39. The van der Waals surface area contributed by atoms with Gasteiger partial charge in [-0.1, -0.05) is 85.6 Å². The summed E-state index contributed by atoms with van der Waals surface area (Å²) in [5, 5.41) is 15.3. The molecule has 2 aliphatic carbocycles. The first-order valence-corrected chi connectivity index (χ1v) is 13.7. The number of hydrogen-bond acceptors (Lipinski definition) is 2. The van der Waals surface area contributed by atoms with Gasteiger partial charge in [0.1, 0.15) is 0 Å². The van der Waals surface area contributed by atoms with Crippen molar-refractivity contribution in [1.82, 2.24) is 0 Å². The monoisotopic (exact) mass is 522 g/mol. The Hall–Kier alpha value is -1.91. The standard InChI is InChI=1S/C30H35BrO3/c1-17(2)22-12-8-18(3)14-27(22)34-29(30(32)33)28-25-16-24-20(15-21(25)11-13-26(28)31)10-9-19-6-4-5-7-23(19)24/h4-7,9-10,15-18,22,26-29H,8,11-14H2,1-3H3,(H,32,33)/t18-,22+,26-,27-,28+,29?/m1/s1. The van der Waals surface area contributed by atoms with Crippen LogP contribution in [-0.4, -0.2) is 28.1 Å². The van der Waals surface area contributed by atoms with E-state index in [1.165, 1.54) is 33.5 Å². The SMILES string of the molecule is CC(C)[C@@H]1CC[C@@H](C)C[C@H]1OC(C(=O)O)[C@H]1c2cc3c(ccc4ccccc43)cc2CC[C@H]1Br. The topological polar surface area (TPSA) is 46.5 Å². The molecule has 180 valence electrons. The second-order valence-corrected chi connectivity index (χ2v) is 12.1. The third-order valence-corrected chi connectivity index (χ3v) is 9.32. The Morgan fingerprint density at radius 3 is 2.56 bits per heavy atom. The molecule has 1 unspecified atom stereocenters. The number of ether oxygens (including phenoxy) is 1. The van der Waals surface area contributed by atoms with E-state index in [9.17, 15) is 9.90 Å². The van der Waals surface area contributed by atoms with Gasteiger partial charge >= 0.3 is 5.97 Å². The van der Waals surface area contributed by atoms with Crippen LogP contribution in [0, 0.1) is 17.8 Å². The molecule has 3 aromatic rings. The molecule has 0 aliphatic heterocycles. The van der Waals surface area contributed by atoms with E-state index in [0.29, 0.717) is 17.8 Å². The minimum Gasteiger partial charge on any atom is -0.479 e. The van der Waals surface area contributed by atoms with Crippen LogP contribution in [0.1, 0.15) is 63.5 Å². The van der Waals surface area contributed by atoms with Crippen molar-refractivity contribution in [1.29, 1.82) is 0 Å². The first-order chi connectivity index (χ1) is 16.3. The van der Waals surface area contributed by atoms with Crippen LogP contribution < -0.4 is 0 Å². The first-order valence-electron chi connectivity index (χ1n) is 12.8. The van der Waals surface area contributed by atoms with Gasteiger partial charge in [0.05, 0.1) is 6.10 Å². The quantitative estimate of drug-likeness (QED) is 0.275. The number of carboxylic acid groups (broad SMARTS) is 1. The van der Waals surface area contributed by atoms with E-state index in [-0.39, 0.29) is 16.8 Å². The van der Waals surface area contributed by atoms with Crippen LogP contribution in [-0.2, 0) is 16.0 Å². The zero-order valence-corrected chi connectivity index (χ0v) is 21.9. The van der Waals surface area contributed by atoms with Crippen LogP contribution in [0.5, 0.6) is 0 Å². The van der Waals surface area contributed by atoms with Gasteiger partial charge in [-0.15, -0.1) is 0 Å². The van der Waals surface area contributed by atoms with Crippen LogP contribution in [0.15, 0.2) is 48.5 Å². The molecule has 5 rings (SSSR count). The maximum absolute atomic E-state index is 12.7. The van der Waals surface area contributed by atoms with Crippen LogP contribution in [0.3, 0.4) is 0 Å². The third-order valence-electron chi connectivity index (χ3n) is 8.30. The molecular formula is C30H35BrO3. The molecule has 0 aromatic heterocycles. The summed E-state index contributed by atoms with van der Waals surface area (Å²) in [6.45, 7) is 6.75. The average Bonchev–Trinajstić information content (AvgIpc) is 2.81. The smallest absolute Gasteiger partial charge is 0.333 e. The summed E-state index contributed by atoms with van der Waals surface area (Å²) < 4.78 is 6.63. The van der Waals surface area contributed by atoms with E-state index in [1.54, 1.807) is 0 Å². The molecule has 3 aromatic carbocycles. The lowest BCUT2D eigenvalue weighted by Crippen LogP contribution is -2.44. The number of alkyl halides is 1. The van der Waals surface area contributed by atoms with Crippen molar-refractivity contribution in [3.63, 3.8) is 0 Å². The van der Waals surface area contributed by atoms with E-state index >= 15 is 0 Å².